The number of carbonyl (C=O) groups excluding carboxylic acids is 1. The topological polar surface area (TPSA) is 59.8 Å². The molecule has 0 bridgehead atoms. The Morgan fingerprint density at radius 3 is 2.77 bits per heavy atom. The molecule has 26 heavy (non-hydrogen) atoms. The summed E-state index contributed by atoms with van der Waals surface area (Å²) in [6, 6.07) is 8.15. The zero-order valence-electron chi connectivity index (χ0n) is 15.9. The van der Waals surface area contributed by atoms with Gasteiger partial charge in [-0.15, -0.1) is 11.3 Å². The summed E-state index contributed by atoms with van der Waals surface area (Å²) < 4.78 is 2.21. The van der Waals surface area contributed by atoms with Crippen molar-refractivity contribution >= 4 is 28.3 Å². The minimum Gasteiger partial charge on any atom is -0.351 e. The van der Waals surface area contributed by atoms with Gasteiger partial charge in [0.1, 0.15) is 10.7 Å². The Morgan fingerprint density at radius 2 is 2.00 bits per heavy atom. The molecule has 0 fully saturated rings. The van der Waals surface area contributed by atoms with Gasteiger partial charge in [0.2, 0.25) is 0 Å². The maximum Gasteiger partial charge on any atom is 0.263 e. The molecular weight excluding hydrogens is 344 g/mol. The van der Waals surface area contributed by atoms with Crippen molar-refractivity contribution < 1.29 is 4.79 Å². The smallest absolute Gasteiger partial charge is 0.263 e. The molecule has 0 saturated heterocycles. The number of nitrogens with zero attached hydrogens (tertiary/aromatic N) is 3. The van der Waals surface area contributed by atoms with E-state index >= 15 is 0 Å². The van der Waals surface area contributed by atoms with Crippen LogP contribution in [0, 0.1) is 19.8 Å². The Kier molecular flexibility index (Phi) is 5.71. The van der Waals surface area contributed by atoms with E-state index < -0.39 is 0 Å². The second-order valence-corrected chi connectivity index (χ2v) is 8.11. The van der Waals surface area contributed by atoms with E-state index in [4.69, 9.17) is 0 Å². The molecule has 1 amide bonds. The number of aromatic nitrogens is 3. The highest BCUT2D eigenvalue weighted by Crippen LogP contribution is 2.21. The first-order valence-electron chi connectivity index (χ1n) is 9.12. The van der Waals surface area contributed by atoms with E-state index in [2.05, 4.69) is 39.8 Å². The maximum atomic E-state index is 12.4. The molecule has 2 heterocycles. The summed E-state index contributed by atoms with van der Waals surface area (Å²) in [5.41, 5.74) is 3.00. The first-order valence-corrected chi connectivity index (χ1v) is 9.93. The van der Waals surface area contributed by atoms with E-state index in [9.17, 15) is 4.79 Å². The van der Waals surface area contributed by atoms with E-state index in [1.165, 1.54) is 11.3 Å². The summed E-state index contributed by atoms with van der Waals surface area (Å²) in [6.45, 7) is 9.75. The summed E-state index contributed by atoms with van der Waals surface area (Å²) in [7, 11) is 0. The summed E-state index contributed by atoms with van der Waals surface area (Å²) in [5, 5.41) is 4.08. The van der Waals surface area contributed by atoms with Crippen molar-refractivity contribution in [3.63, 3.8) is 0 Å². The van der Waals surface area contributed by atoms with Gasteiger partial charge in [-0.05, 0) is 38.3 Å². The number of carbonyl (C=O) groups is 1. The van der Waals surface area contributed by atoms with Gasteiger partial charge < -0.3 is 9.88 Å². The van der Waals surface area contributed by atoms with Gasteiger partial charge in [0.15, 0.2) is 0 Å². The number of thiazole rings is 1. The third-order valence-corrected chi connectivity index (χ3v) is 5.50. The highest BCUT2D eigenvalue weighted by atomic mass is 32.1. The molecule has 1 N–H and O–H groups in total. The zero-order valence-corrected chi connectivity index (χ0v) is 16.7. The van der Waals surface area contributed by atoms with Gasteiger partial charge in [0.25, 0.3) is 5.91 Å². The van der Waals surface area contributed by atoms with E-state index in [0.29, 0.717) is 12.5 Å². The fraction of sp³-hybridized carbons (Fsp3) is 0.450. The molecule has 0 saturated carbocycles. The molecule has 0 unspecified atom stereocenters. The van der Waals surface area contributed by atoms with Crippen LogP contribution >= 0.6 is 11.3 Å². The van der Waals surface area contributed by atoms with Crippen LogP contribution in [0.4, 0.5) is 0 Å². The van der Waals surface area contributed by atoms with E-state index in [-0.39, 0.29) is 5.91 Å². The number of rotatable bonds is 7. The van der Waals surface area contributed by atoms with E-state index in [0.717, 1.165) is 51.8 Å². The third kappa shape index (κ3) is 4.12. The lowest BCUT2D eigenvalue weighted by Crippen LogP contribution is -2.25. The van der Waals surface area contributed by atoms with Crippen LogP contribution in [0.3, 0.4) is 0 Å². The minimum atomic E-state index is -0.0118. The molecule has 1 aromatic carbocycles. The molecule has 2 aromatic heterocycles. The van der Waals surface area contributed by atoms with Crippen molar-refractivity contribution in [3.05, 3.63) is 45.7 Å². The van der Waals surface area contributed by atoms with Crippen LogP contribution in [0.15, 0.2) is 24.3 Å². The molecule has 3 rings (SSSR count). The van der Waals surface area contributed by atoms with Crippen LogP contribution < -0.4 is 5.32 Å². The Labute approximate surface area is 158 Å². The fourth-order valence-electron chi connectivity index (χ4n) is 3.10. The van der Waals surface area contributed by atoms with Crippen LogP contribution in [-0.4, -0.2) is 27.0 Å². The lowest BCUT2D eigenvalue weighted by Gasteiger charge is -2.08. The average molecular weight is 371 g/mol. The monoisotopic (exact) mass is 370 g/mol. The summed E-state index contributed by atoms with van der Waals surface area (Å²) in [4.78, 5) is 22.3. The molecule has 6 heteroatoms. The number of nitrogens with one attached hydrogen (secondary N) is 1. The van der Waals surface area contributed by atoms with Crippen LogP contribution in [-0.2, 0) is 13.0 Å². The number of aryl methyl sites for hydroxylation is 3. The number of imidazole rings is 1. The van der Waals surface area contributed by atoms with Crippen molar-refractivity contribution in [3.8, 4) is 0 Å². The van der Waals surface area contributed by atoms with Crippen LogP contribution in [0.1, 0.15) is 46.5 Å². The predicted octanol–water partition coefficient (Wildman–Crippen LogP) is 4.13. The molecule has 0 aliphatic carbocycles. The first-order chi connectivity index (χ1) is 12.5. The quantitative estimate of drug-likeness (QED) is 0.636. The largest absolute Gasteiger partial charge is 0.351 e. The van der Waals surface area contributed by atoms with Gasteiger partial charge in [0, 0.05) is 19.5 Å². The van der Waals surface area contributed by atoms with Crippen molar-refractivity contribution in [2.24, 2.45) is 5.92 Å². The van der Waals surface area contributed by atoms with Gasteiger partial charge in [0.05, 0.1) is 21.7 Å². The molecule has 0 aliphatic rings. The second kappa shape index (κ2) is 7.99. The molecular formula is C20H26N4OS. The van der Waals surface area contributed by atoms with Crippen molar-refractivity contribution in [1.29, 1.82) is 0 Å². The number of hydrogen-bond donors (Lipinski definition) is 1. The Balaban J connectivity index is 1.55. The van der Waals surface area contributed by atoms with Crippen molar-refractivity contribution in [2.45, 2.75) is 47.1 Å². The molecule has 0 atom stereocenters. The van der Waals surface area contributed by atoms with Gasteiger partial charge in [-0.3, -0.25) is 4.79 Å². The number of benzene rings is 1. The Bertz CT molecular complexity index is 910. The maximum absolute atomic E-state index is 12.4. The number of fused-ring (bicyclic) bond motifs is 1. The number of para-hydroxylation sites is 2. The van der Waals surface area contributed by atoms with E-state index in [1.54, 1.807) is 0 Å². The average Bonchev–Trinajstić information content (AvgIpc) is 3.10. The summed E-state index contributed by atoms with van der Waals surface area (Å²) in [6.07, 6.45) is 1.79. The van der Waals surface area contributed by atoms with Crippen LogP contribution in [0.5, 0.6) is 0 Å². The second-order valence-electron chi connectivity index (χ2n) is 7.03. The predicted molar refractivity (Wildman–Crippen MR) is 107 cm³/mol. The molecule has 138 valence electrons. The van der Waals surface area contributed by atoms with Gasteiger partial charge in [-0.25, -0.2) is 9.97 Å². The van der Waals surface area contributed by atoms with Gasteiger partial charge >= 0.3 is 0 Å². The highest BCUT2D eigenvalue weighted by Gasteiger charge is 2.15. The Morgan fingerprint density at radius 1 is 1.23 bits per heavy atom. The highest BCUT2D eigenvalue weighted by molar-refractivity contribution is 7.13. The summed E-state index contributed by atoms with van der Waals surface area (Å²) in [5.74, 6) is 1.54. The van der Waals surface area contributed by atoms with Crippen LogP contribution in [0.2, 0.25) is 0 Å². The third-order valence-electron chi connectivity index (χ3n) is 4.32. The summed E-state index contributed by atoms with van der Waals surface area (Å²) >= 11 is 1.52. The lowest BCUT2D eigenvalue weighted by atomic mass is 10.1. The fourth-order valence-corrected chi connectivity index (χ4v) is 4.29. The molecule has 0 aliphatic heterocycles. The molecule has 5 nitrogen and oxygen atoms in total. The standard InChI is InChI=1S/C20H26N4OS/c1-13(2)12-18-22-14(3)19(26-18)20(25)21-10-7-11-24-15(4)23-16-8-5-6-9-17(16)24/h5-6,8-9,13H,7,10-12H2,1-4H3,(H,21,25). The molecule has 0 spiro atoms. The number of amides is 1. The Hall–Kier alpha value is -2.21. The van der Waals surface area contributed by atoms with Gasteiger partial charge in [-0.2, -0.15) is 0 Å². The van der Waals surface area contributed by atoms with Crippen LogP contribution in [0.25, 0.3) is 11.0 Å². The van der Waals surface area contributed by atoms with Crippen molar-refractivity contribution in [2.75, 3.05) is 6.54 Å². The molecule has 3 aromatic rings. The zero-order chi connectivity index (χ0) is 18.7. The minimum absolute atomic E-state index is 0.0118. The molecule has 0 radical (unpaired) electrons. The number of hydrogen-bond acceptors (Lipinski definition) is 4. The first kappa shape index (κ1) is 18.6. The van der Waals surface area contributed by atoms with Gasteiger partial charge in [-0.1, -0.05) is 26.0 Å². The van der Waals surface area contributed by atoms with Crippen molar-refractivity contribution in [1.82, 2.24) is 19.9 Å². The SMILES string of the molecule is Cc1nc(CC(C)C)sc1C(=O)NCCCn1c(C)nc2ccccc21. The normalized spacial score (nSPS) is 11.4. The lowest BCUT2D eigenvalue weighted by molar-refractivity contribution is 0.0956. The van der Waals surface area contributed by atoms with E-state index in [1.807, 2.05) is 32.0 Å².